The Labute approximate surface area is 208 Å². The van der Waals surface area contributed by atoms with Crippen LogP contribution in [0.4, 0.5) is 16.6 Å². The van der Waals surface area contributed by atoms with Crippen molar-refractivity contribution in [2.45, 2.75) is 38.8 Å². The number of rotatable bonds is 7. The predicted octanol–water partition coefficient (Wildman–Crippen LogP) is 2.91. The van der Waals surface area contributed by atoms with Crippen molar-refractivity contribution < 1.29 is 4.79 Å². The van der Waals surface area contributed by atoms with Gasteiger partial charge in [-0.25, -0.2) is 9.78 Å². The quantitative estimate of drug-likeness (QED) is 0.634. The fourth-order valence-corrected chi connectivity index (χ4v) is 5.00. The Morgan fingerprint density at radius 2 is 1.94 bits per heavy atom. The Hall–Kier alpha value is -3.38. The van der Waals surface area contributed by atoms with Crippen molar-refractivity contribution in [3.63, 3.8) is 0 Å². The van der Waals surface area contributed by atoms with Gasteiger partial charge in [0.2, 0.25) is 5.95 Å². The summed E-state index contributed by atoms with van der Waals surface area (Å²) in [6.07, 6.45) is 4.96. The number of amides is 2. The highest BCUT2D eigenvalue weighted by Gasteiger charge is 2.29. The van der Waals surface area contributed by atoms with Gasteiger partial charge in [-0.05, 0) is 50.8 Å². The number of urea groups is 1. The van der Waals surface area contributed by atoms with Gasteiger partial charge in [0.15, 0.2) is 0 Å². The van der Waals surface area contributed by atoms with Crippen LogP contribution < -0.4 is 15.5 Å². The maximum absolute atomic E-state index is 12.8. The molecular weight excluding hydrogens is 440 g/mol. The van der Waals surface area contributed by atoms with Gasteiger partial charge in [-0.2, -0.15) is 10.2 Å². The number of benzene rings is 1. The highest BCUT2D eigenvalue weighted by molar-refractivity contribution is 5.75. The lowest BCUT2D eigenvalue weighted by atomic mass is 9.93. The molecule has 2 saturated heterocycles. The second-order valence-electron chi connectivity index (χ2n) is 9.51. The van der Waals surface area contributed by atoms with Crippen molar-refractivity contribution in [3.8, 4) is 6.07 Å². The standard InChI is InChI=1S/C26H36N8O/c1-20-18-33(25-30-17-23(16-27)24(28-2)31-25)14-15-34(20)26(35)29-11-8-21-9-12-32(13-10-21)19-22-6-4-3-5-7-22/h3-7,17,20-21H,8-15,18-19H2,1-2H3,(H,29,35)(H,28,30,31)/t20-/m1/s1. The Bertz CT molecular complexity index is 1020. The zero-order valence-electron chi connectivity index (χ0n) is 20.8. The predicted molar refractivity (Wildman–Crippen MR) is 137 cm³/mol. The molecule has 0 saturated carbocycles. The van der Waals surface area contributed by atoms with Crippen LogP contribution in [0.2, 0.25) is 0 Å². The molecule has 0 bridgehead atoms. The third-order valence-corrected chi connectivity index (χ3v) is 7.09. The van der Waals surface area contributed by atoms with E-state index in [1.807, 2.05) is 4.90 Å². The van der Waals surface area contributed by atoms with Gasteiger partial charge in [0.25, 0.3) is 0 Å². The van der Waals surface area contributed by atoms with Gasteiger partial charge < -0.3 is 20.4 Å². The summed E-state index contributed by atoms with van der Waals surface area (Å²) >= 11 is 0. The van der Waals surface area contributed by atoms with E-state index >= 15 is 0 Å². The summed E-state index contributed by atoms with van der Waals surface area (Å²) in [6.45, 7) is 7.98. The van der Waals surface area contributed by atoms with Crippen LogP contribution in [0.15, 0.2) is 36.5 Å². The van der Waals surface area contributed by atoms with Gasteiger partial charge in [-0.1, -0.05) is 30.3 Å². The van der Waals surface area contributed by atoms with Gasteiger partial charge in [0.1, 0.15) is 17.5 Å². The number of anilines is 2. The third kappa shape index (κ3) is 6.40. The van der Waals surface area contributed by atoms with E-state index in [1.165, 1.54) is 18.4 Å². The van der Waals surface area contributed by atoms with E-state index in [0.29, 0.717) is 42.9 Å². The van der Waals surface area contributed by atoms with E-state index in [2.05, 4.69) is 73.7 Å². The number of piperidine rings is 1. The summed E-state index contributed by atoms with van der Waals surface area (Å²) < 4.78 is 0. The van der Waals surface area contributed by atoms with Gasteiger partial charge in [-0.3, -0.25) is 4.90 Å². The van der Waals surface area contributed by atoms with Crippen LogP contribution in [0.25, 0.3) is 0 Å². The number of nitrogens with zero attached hydrogens (tertiary/aromatic N) is 6. The second-order valence-corrected chi connectivity index (χ2v) is 9.51. The molecule has 1 atom stereocenters. The number of likely N-dealkylation sites (tertiary alicyclic amines) is 1. The lowest BCUT2D eigenvalue weighted by Gasteiger charge is -2.40. The van der Waals surface area contributed by atoms with Crippen molar-refractivity contribution in [2.75, 3.05) is 56.5 Å². The first kappa shape index (κ1) is 24.7. The molecule has 9 nitrogen and oxygen atoms in total. The molecule has 0 spiro atoms. The fourth-order valence-electron chi connectivity index (χ4n) is 5.00. The first-order valence-corrected chi connectivity index (χ1v) is 12.6. The van der Waals surface area contributed by atoms with Crippen molar-refractivity contribution in [1.82, 2.24) is 25.1 Å². The highest BCUT2D eigenvalue weighted by atomic mass is 16.2. The molecule has 2 aromatic rings. The summed E-state index contributed by atoms with van der Waals surface area (Å²) in [7, 11) is 1.74. The maximum atomic E-state index is 12.8. The number of carbonyl (C=O) groups excluding carboxylic acids is 1. The van der Waals surface area contributed by atoms with Crippen LogP contribution in [-0.2, 0) is 6.54 Å². The number of carbonyl (C=O) groups is 1. The number of aromatic nitrogens is 2. The molecule has 1 aromatic carbocycles. The van der Waals surface area contributed by atoms with Crippen molar-refractivity contribution in [1.29, 1.82) is 5.26 Å². The maximum Gasteiger partial charge on any atom is 0.317 e. The number of nitriles is 1. The molecule has 0 aliphatic carbocycles. The minimum absolute atomic E-state index is 0.00956. The molecule has 186 valence electrons. The van der Waals surface area contributed by atoms with Crippen molar-refractivity contribution >= 4 is 17.8 Å². The van der Waals surface area contributed by atoms with Crippen molar-refractivity contribution in [3.05, 3.63) is 47.7 Å². The molecule has 2 fully saturated rings. The molecule has 2 aliphatic rings. The van der Waals surface area contributed by atoms with Crippen LogP contribution in [0.3, 0.4) is 0 Å². The summed E-state index contributed by atoms with van der Waals surface area (Å²) in [6, 6.07) is 12.8. The lowest BCUT2D eigenvalue weighted by Crippen LogP contribution is -2.57. The molecule has 2 N–H and O–H groups in total. The summed E-state index contributed by atoms with van der Waals surface area (Å²) in [5.41, 5.74) is 1.80. The Morgan fingerprint density at radius 1 is 1.17 bits per heavy atom. The molecule has 2 aliphatic heterocycles. The smallest absolute Gasteiger partial charge is 0.317 e. The van der Waals surface area contributed by atoms with Crippen LogP contribution in [0.1, 0.15) is 37.3 Å². The van der Waals surface area contributed by atoms with Crippen LogP contribution in [0.5, 0.6) is 0 Å². The Kier molecular flexibility index (Phi) is 8.37. The molecule has 3 heterocycles. The summed E-state index contributed by atoms with van der Waals surface area (Å²) in [4.78, 5) is 28.2. The van der Waals surface area contributed by atoms with Gasteiger partial charge in [0, 0.05) is 45.8 Å². The van der Waals surface area contributed by atoms with E-state index in [4.69, 9.17) is 0 Å². The molecule has 1 aromatic heterocycles. The number of piperazine rings is 1. The molecular formula is C26H36N8O. The topological polar surface area (TPSA) is 100 Å². The van der Waals surface area contributed by atoms with Crippen molar-refractivity contribution in [2.24, 2.45) is 5.92 Å². The third-order valence-electron chi connectivity index (χ3n) is 7.09. The molecule has 0 unspecified atom stereocenters. The molecule has 35 heavy (non-hydrogen) atoms. The van der Waals surface area contributed by atoms with E-state index in [-0.39, 0.29) is 12.1 Å². The molecule has 4 rings (SSSR count). The normalized spacial score (nSPS) is 19.3. The number of hydrogen-bond acceptors (Lipinski definition) is 7. The number of hydrogen-bond donors (Lipinski definition) is 2. The molecule has 0 radical (unpaired) electrons. The Morgan fingerprint density at radius 3 is 2.63 bits per heavy atom. The van der Waals surface area contributed by atoms with Crippen LogP contribution >= 0.6 is 0 Å². The van der Waals surface area contributed by atoms with Crippen LogP contribution in [0, 0.1) is 17.2 Å². The second kappa shape index (κ2) is 11.8. The van der Waals surface area contributed by atoms with E-state index in [1.54, 1.807) is 13.2 Å². The minimum Gasteiger partial charge on any atom is -0.372 e. The fraction of sp³-hybridized carbons (Fsp3) is 0.538. The Balaban J connectivity index is 1.18. The SMILES string of the molecule is CNc1nc(N2CCN(C(=O)NCCC3CCN(Cc4ccccc4)CC3)[C@H](C)C2)ncc1C#N. The van der Waals surface area contributed by atoms with E-state index < -0.39 is 0 Å². The first-order chi connectivity index (χ1) is 17.1. The van der Waals surface area contributed by atoms with E-state index in [0.717, 1.165) is 32.6 Å². The minimum atomic E-state index is 0.00956. The first-order valence-electron chi connectivity index (χ1n) is 12.6. The average molecular weight is 477 g/mol. The highest BCUT2D eigenvalue weighted by Crippen LogP contribution is 2.22. The van der Waals surface area contributed by atoms with E-state index in [9.17, 15) is 10.1 Å². The monoisotopic (exact) mass is 476 g/mol. The van der Waals surface area contributed by atoms with Crippen LogP contribution in [-0.4, -0.2) is 78.2 Å². The zero-order chi connectivity index (χ0) is 24.6. The average Bonchev–Trinajstić information content (AvgIpc) is 2.89. The summed E-state index contributed by atoms with van der Waals surface area (Å²) in [5, 5.41) is 15.3. The van der Waals surface area contributed by atoms with Gasteiger partial charge in [-0.15, -0.1) is 0 Å². The lowest BCUT2D eigenvalue weighted by molar-refractivity contribution is 0.162. The number of nitrogens with one attached hydrogen (secondary N) is 2. The largest absolute Gasteiger partial charge is 0.372 e. The summed E-state index contributed by atoms with van der Waals surface area (Å²) in [5.74, 6) is 1.78. The molecule has 2 amide bonds. The molecule has 9 heteroatoms. The van der Waals surface area contributed by atoms with Gasteiger partial charge >= 0.3 is 6.03 Å². The zero-order valence-corrected chi connectivity index (χ0v) is 20.8. The van der Waals surface area contributed by atoms with Gasteiger partial charge in [0.05, 0.1) is 6.20 Å².